The minimum Gasteiger partial charge on any atom is -0.448 e. The summed E-state index contributed by atoms with van der Waals surface area (Å²) in [5, 5.41) is 3.35. The average Bonchev–Trinajstić information content (AvgIpc) is 2.84. The summed E-state index contributed by atoms with van der Waals surface area (Å²) in [5.41, 5.74) is 2.81. The highest BCUT2D eigenvalue weighted by Crippen LogP contribution is 2.27. The number of anilines is 3. The minimum absolute atomic E-state index is 0.00369. The van der Waals surface area contributed by atoms with E-state index in [0.29, 0.717) is 16.7 Å². The highest BCUT2D eigenvalue weighted by atomic mass is 16.5. The van der Waals surface area contributed by atoms with Crippen LogP contribution in [0.15, 0.2) is 57.7 Å². The number of ether oxygens (including phenoxy) is 1. The van der Waals surface area contributed by atoms with E-state index >= 15 is 0 Å². The second kappa shape index (κ2) is 9.71. The first-order valence-corrected chi connectivity index (χ1v) is 12.2. The molecule has 2 aromatic carbocycles. The Hall–Kier alpha value is -3.36. The van der Waals surface area contributed by atoms with E-state index in [4.69, 9.17) is 9.15 Å². The second-order valence-corrected chi connectivity index (χ2v) is 9.58. The Labute approximate surface area is 205 Å². The van der Waals surface area contributed by atoms with Gasteiger partial charge in [-0.1, -0.05) is 6.07 Å². The van der Waals surface area contributed by atoms with Crippen molar-refractivity contribution in [2.75, 3.05) is 61.4 Å². The third kappa shape index (κ3) is 5.04. The van der Waals surface area contributed by atoms with Gasteiger partial charge in [-0.05, 0) is 57.3 Å². The first-order valence-electron chi connectivity index (χ1n) is 12.2. The number of para-hydroxylation sites is 1. The van der Waals surface area contributed by atoms with Crippen molar-refractivity contribution in [3.8, 4) is 0 Å². The molecule has 8 heteroatoms. The van der Waals surface area contributed by atoms with Crippen LogP contribution in [0.4, 0.5) is 17.1 Å². The lowest BCUT2D eigenvalue weighted by atomic mass is 10.1. The number of amides is 1. The number of hydrogen-bond donors (Lipinski definition) is 1. The summed E-state index contributed by atoms with van der Waals surface area (Å²) in [6.45, 7) is 9.33. The molecule has 2 fully saturated rings. The highest BCUT2D eigenvalue weighted by molar-refractivity contribution is 6.03. The molecule has 0 spiro atoms. The Morgan fingerprint density at radius 2 is 1.63 bits per heavy atom. The maximum atomic E-state index is 13.0. The quantitative estimate of drug-likeness (QED) is 0.618. The molecule has 1 N–H and O–H groups in total. The van der Waals surface area contributed by atoms with Crippen LogP contribution in [0.25, 0.3) is 11.0 Å². The number of carbonyl (C=O) groups is 1. The number of nitrogens with one attached hydrogen (secondary N) is 1. The van der Waals surface area contributed by atoms with Crippen LogP contribution in [-0.4, -0.2) is 69.3 Å². The van der Waals surface area contributed by atoms with Crippen LogP contribution in [0, 0.1) is 0 Å². The second-order valence-electron chi connectivity index (χ2n) is 9.58. The maximum Gasteiger partial charge on any atom is 0.291 e. The van der Waals surface area contributed by atoms with Crippen molar-refractivity contribution < 1.29 is 13.9 Å². The van der Waals surface area contributed by atoms with Crippen LogP contribution in [0.3, 0.4) is 0 Å². The molecule has 2 atom stereocenters. The van der Waals surface area contributed by atoms with Gasteiger partial charge in [-0.2, -0.15) is 0 Å². The Balaban J connectivity index is 1.36. The van der Waals surface area contributed by atoms with E-state index in [1.165, 1.54) is 6.07 Å². The van der Waals surface area contributed by atoms with Gasteiger partial charge in [-0.15, -0.1) is 0 Å². The topological polar surface area (TPSA) is 78.3 Å². The van der Waals surface area contributed by atoms with Gasteiger partial charge in [0.1, 0.15) is 0 Å². The smallest absolute Gasteiger partial charge is 0.291 e. The predicted molar refractivity (Wildman–Crippen MR) is 139 cm³/mol. The van der Waals surface area contributed by atoms with E-state index in [1.807, 2.05) is 36.4 Å². The summed E-state index contributed by atoms with van der Waals surface area (Å²) in [6, 6.07) is 14.5. The molecule has 2 saturated heterocycles. The maximum absolute atomic E-state index is 13.0. The van der Waals surface area contributed by atoms with E-state index in [9.17, 15) is 9.59 Å². The first kappa shape index (κ1) is 23.4. The van der Waals surface area contributed by atoms with Gasteiger partial charge in [-0.3, -0.25) is 9.59 Å². The first-order chi connectivity index (χ1) is 16.9. The lowest BCUT2D eigenvalue weighted by molar-refractivity contribution is -0.00521. The summed E-state index contributed by atoms with van der Waals surface area (Å²) in [5.74, 6) is -0.442. The number of hydrogen-bond acceptors (Lipinski definition) is 7. The zero-order valence-corrected chi connectivity index (χ0v) is 20.5. The van der Waals surface area contributed by atoms with Gasteiger partial charge in [0.2, 0.25) is 0 Å². The number of carbonyl (C=O) groups excluding carboxylic acids is 1. The van der Waals surface area contributed by atoms with Gasteiger partial charge in [0.05, 0.1) is 23.3 Å². The SMILES string of the molecule is CC1CN(c2ccc(NC(=O)c3cc(=O)c4cccc(N5CCN(C)CC5)c4o3)cc2)CC(C)O1. The molecular weight excluding hydrogens is 444 g/mol. The van der Waals surface area contributed by atoms with Crippen LogP contribution in [0.2, 0.25) is 0 Å². The van der Waals surface area contributed by atoms with Crippen molar-refractivity contribution in [1.82, 2.24) is 4.90 Å². The molecule has 3 heterocycles. The largest absolute Gasteiger partial charge is 0.448 e. The zero-order valence-electron chi connectivity index (χ0n) is 20.5. The Bertz CT molecular complexity index is 1250. The number of morpholine rings is 1. The monoisotopic (exact) mass is 476 g/mol. The van der Waals surface area contributed by atoms with Crippen molar-refractivity contribution >= 4 is 33.9 Å². The van der Waals surface area contributed by atoms with Gasteiger partial charge < -0.3 is 29.2 Å². The molecule has 35 heavy (non-hydrogen) atoms. The van der Waals surface area contributed by atoms with Crippen LogP contribution < -0.4 is 20.5 Å². The van der Waals surface area contributed by atoms with Gasteiger partial charge in [0.15, 0.2) is 16.8 Å². The van der Waals surface area contributed by atoms with E-state index in [2.05, 4.69) is 40.9 Å². The van der Waals surface area contributed by atoms with E-state index in [0.717, 1.165) is 50.6 Å². The summed E-state index contributed by atoms with van der Waals surface area (Å²) >= 11 is 0. The van der Waals surface area contributed by atoms with E-state index in [1.54, 1.807) is 6.07 Å². The Kier molecular flexibility index (Phi) is 6.49. The summed E-state index contributed by atoms with van der Waals surface area (Å²) in [7, 11) is 2.09. The van der Waals surface area contributed by atoms with Gasteiger partial charge in [-0.25, -0.2) is 0 Å². The van der Waals surface area contributed by atoms with E-state index in [-0.39, 0.29) is 23.4 Å². The molecule has 1 aromatic heterocycles. The molecule has 184 valence electrons. The number of rotatable bonds is 4. The fourth-order valence-electron chi connectivity index (χ4n) is 4.91. The van der Waals surface area contributed by atoms with Gasteiger partial charge in [0, 0.05) is 56.7 Å². The third-order valence-corrected chi connectivity index (χ3v) is 6.71. The van der Waals surface area contributed by atoms with Crippen molar-refractivity contribution in [3.05, 3.63) is 64.5 Å². The fourth-order valence-corrected chi connectivity index (χ4v) is 4.91. The minimum atomic E-state index is -0.446. The number of benzene rings is 2. The lowest BCUT2D eigenvalue weighted by Crippen LogP contribution is -2.45. The fraction of sp³-hybridized carbons (Fsp3) is 0.407. The number of piperazine rings is 1. The van der Waals surface area contributed by atoms with Crippen LogP contribution in [0.1, 0.15) is 24.4 Å². The van der Waals surface area contributed by atoms with Crippen molar-refractivity contribution in [2.24, 2.45) is 0 Å². The summed E-state index contributed by atoms with van der Waals surface area (Å²) in [4.78, 5) is 32.6. The molecule has 2 unspecified atom stereocenters. The van der Waals surface area contributed by atoms with Gasteiger partial charge in [0.25, 0.3) is 5.91 Å². The third-order valence-electron chi connectivity index (χ3n) is 6.71. The Morgan fingerprint density at radius 3 is 2.31 bits per heavy atom. The van der Waals surface area contributed by atoms with Gasteiger partial charge >= 0.3 is 0 Å². The molecule has 2 aliphatic heterocycles. The lowest BCUT2D eigenvalue weighted by Gasteiger charge is -2.36. The molecule has 0 aliphatic carbocycles. The van der Waals surface area contributed by atoms with Crippen molar-refractivity contribution in [2.45, 2.75) is 26.1 Å². The normalized spacial score (nSPS) is 21.3. The highest BCUT2D eigenvalue weighted by Gasteiger charge is 2.23. The zero-order chi connectivity index (χ0) is 24.5. The molecular formula is C27H32N4O4. The van der Waals surface area contributed by atoms with Crippen LogP contribution >= 0.6 is 0 Å². The molecule has 2 aliphatic rings. The summed E-state index contributed by atoms with van der Waals surface area (Å²) in [6.07, 6.45) is 0.342. The number of likely N-dealkylation sites (N-methyl/N-ethyl adjacent to an activating group) is 1. The summed E-state index contributed by atoms with van der Waals surface area (Å²) < 4.78 is 11.9. The molecule has 0 bridgehead atoms. The molecule has 0 saturated carbocycles. The number of fused-ring (bicyclic) bond motifs is 1. The standard InChI is InChI=1S/C27H32N4O4/c1-18-16-31(17-19(2)34-18)21-9-7-20(8-10-21)28-27(33)25-15-24(32)22-5-4-6-23(26(22)35-25)30-13-11-29(3)12-14-30/h4-10,15,18-19H,11-14,16-17H2,1-3H3,(H,28,33). The molecule has 5 rings (SSSR count). The average molecular weight is 477 g/mol. The molecule has 0 radical (unpaired) electrons. The Morgan fingerprint density at radius 1 is 0.943 bits per heavy atom. The van der Waals surface area contributed by atoms with Crippen LogP contribution in [0.5, 0.6) is 0 Å². The van der Waals surface area contributed by atoms with Crippen molar-refractivity contribution in [3.63, 3.8) is 0 Å². The van der Waals surface area contributed by atoms with E-state index < -0.39 is 5.91 Å². The number of nitrogens with zero attached hydrogens (tertiary/aromatic N) is 3. The molecule has 1 amide bonds. The van der Waals surface area contributed by atoms with Crippen LogP contribution in [-0.2, 0) is 4.74 Å². The molecule has 3 aromatic rings. The predicted octanol–water partition coefficient (Wildman–Crippen LogP) is 3.41. The molecule has 8 nitrogen and oxygen atoms in total. The van der Waals surface area contributed by atoms with Crippen molar-refractivity contribution in [1.29, 1.82) is 0 Å².